The number of nitrogens with zero attached hydrogens (tertiary/aromatic N) is 1. The van der Waals surface area contributed by atoms with Crippen LogP contribution in [-0.2, 0) is 4.79 Å². The molecule has 0 saturated carbocycles. The molecule has 2 rings (SSSR count). The van der Waals surface area contributed by atoms with E-state index in [1.54, 1.807) is 13.1 Å². The molecule has 0 radical (unpaired) electrons. The average Bonchev–Trinajstić information content (AvgIpc) is 2.47. The SMILES string of the molecule is CN(CC(O)c1ccc(F)cc1)C(C(N)=O)c1cccc(F)c1. The Bertz CT molecular complexity index is 677. The highest BCUT2D eigenvalue weighted by Crippen LogP contribution is 2.23. The minimum absolute atomic E-state index is 0.0791. The molecule has 122 valence electrons. The lowest BCUT2D eigenvalue weighted by Gasteiger charge is -2.28. The zero-order chi connectivity index (χ0) is 17.0. The van der Waals surface area contributed by atoms with Gasteiger partial charge in [-0.25, -0.2) is 8.78 Å². The van der Waals surface area contributed by atoms with Crippen LogP contribution in [0.1, 0.15) is 23.3 Å². The number of carbonyl (C=O) groups excluding carboxylic acids is 1. The van der Waals surface area contributed by atoms with E-state index in [0.717, 1.165) is 0 Å². The molecule has 0 aliphatic rings. The molecule has 0 aliphatic heterocycles. The summed E-state index contributed by atoms with van der Waals surface area (Å²) in [6.45, 7) is 0.0791. The van der Waals surface area contributed by atoms with Crippen LogP contribution in [0.2, 0.25) is 0 Å². The molecule has 4 nitrogen and oxygen atoms in total. The van der Waals surface area contributed by atoms with Crippen molar-refractivity contribution in [2.45, 2.75) is 12.1 Å². The van der Waals surface area contributed by atoms with Gasteiger partial charge in [0, 0.05) is 6.54 Å². The summed E-state index contributed by atoms with van der Waals surface area (Å²) in [6, 6.07) is 10.1. The van der Waals surface area contributed by atoms with E-state index in [9.17, 15) is 18.7 Å². The summed E-state index contributed by atoms with van der Waals surface area (Å²) < 4.78 is 26.3. The van der Waals surface area contributed by atoms with Gasteiger partial charge in [0.1, 0.15) is 17.7 Å². The summed E-state index contributed by atoms with van der Waals surface area (Å²) in [5.41, 5.74) is 6.34. The molecular weight excluding hydrogens is 302 g/mol. The van der Waals surface area contributed by atoms with Gasteiger partial charge >= 0.3 is 0 Å². The number of rotatable bonds is 6. The molecule has 0 aromatic heterocycles. The topological polar surface area (TPSA) is 66.6 Å². The molecule has 0 heterocycles. The minimum atomic E-state index is -0.934. The van der Waals surface area contributed by atoms with Crippen LogP contribution in [0.5, 0.6) is 0 Å². The number of hydrogen-bond donors (Lipinski definition) is 2. The van der Waals surface area contributed by atoms with E-state index in [1.165, 1.54) is 47.4 Å². The van der Waals surface area contributed by atoms with Gasteiger partial charge in [-0.2, -0.15) is 0 Å². The Labute approximate surface area is 133 Å². The largest absolute Gasteiger partial charge is 0.387 e. The van der Waals surface area contributed by atoms with Gasteiger partial charge in [0.25, 0.3) is 0 Å². The van der Waals surface area contributed by atoms with E-state index in [-0.39, 0.29) is 6.54 Å². The Kier molecular flexibility index (Phi) is 5.41. The Morgan fingerprint density at radius 3 is 2.35 bits per heavy atom. The van der Waals surface area contributed by atoms with E-state index in [0.29, 0.717) is 11.1 Å². The Balaban J connectivity index is 2.16. The summed E-state index contributed by atoms with van der Waals surface area (Å²) in [4.78, 5) is 13.3. The van der Waals surface area contributed by atoms with Crippen molar-refractivity contribution in [3.05, 3.63) is 71.3 Å². The molecule has 1 amide bonds. The monoisotopic (exact) mass is 320 g/mol. The molecule has 2 aromatic rings. The van der Waals surface area contributed by atoms with Crippen molar-refractivity contribution in [2.24, 2.45) is 5.73 Å². The standard InChI is InChI=1S/C17H18F2N2O2/c1-21(10-15(22)11-5-7-13(18)8-6-11)16(17(20)23)12-3-2-4-14(19)9-12/h2-9,15-16,22H,10H2,1H3,(H2,20,23). The van der Waals surface area contributed by atoms with E-state index in [2.05, 4.69) is 0 Å². The summed E-state index contributed by atoms with van der Waals surface area (Å²) in [6.07, 6.45) is -0.934. The second kappa shape index (κ2) is 7.30. The van der Waals surface area contributed by atoms with Crippen LogP contribution in [0.3, 0.4) is 0 Å². The smallest absolute Gasteiger partial charge is 0.239 e. The molecule has 0 aliphatic carbocycles. The molecule has 3 N–H and O–H groups in total. The molecule has 2 unspecified atom stereocenters. The van der Waals surface area contributed by atoms with Crippen molar-refractivity contribution in [3.8, 4) is 0 Å². The maximum atomic E-state index is 13.4. The highest BCUT2D eigenvalue weighted by molar-refractivity contribution is 5.81. The summed E-state index contributed by atoms with van der Waals surface area (Å²) in [7, 11) is 1.60. The van der Waals surface area contributed by atoms with Gasteiger partial charge in [0.2, 0.25) is 5.91 Å². The van der Waals surface area contributed by atoms with Crippen molar-refractivity contribution < 1.29 is 18.7 Å². The number of aliphatic hydroxyl groups is 1. The van der Waals surface area contributed by atoms with Crippen LogP contribution in [0.25, 0.3) is 0 Å². The molecule has 0 bridgehead atoms. The Morgan fingerprint density at radius 2 is 1.78 bits per heavy atom. The second-order valence-corrected chi connectivity index (χ2v) is 5.37. The molecule has 6 heteroatoms. The zero-order valence-corrected chi connectivity index (χ0v) is 12.6. The van der Waals surface area contributed by atoms with Crippen molar-refractivity contribution in [1.29, 1.82) is 0 Å². The Hall–Kier alpha value is -2.31. The van der Waals surface area contributed by atoms with Crippen molar-refractivity contribution in [2.75, 3.05) is 13.6 Å². The first kappa shape index (κ1) is 17.1. The highest BCUT2D eigenvalue weighted by atomic mass is 19.1. The van der Waals surface area contributed by atoms with Crippen LogP contribution >= 0.6 is 0 Å². The van der Waals surface area contributed by atoms with Crippen molar-refractivity contribution in [3.63, 3.8) is 0 Å². The number of hydrogen-bond acceptors (Lipinski definition) is 3. The third kappa shape index (κ3) is 4.34. The van der Waals surface area contributed by atoms with Gasteiger partial charge in [0.15, 0.2) is 0 Å². The number of amides is 1. The van der Waals surface area contributed by atoms with E-state index >= 15 is 0 Å². The molecule has 0 fully saturated rings. The van der Waals surface area contributed by atoms with Crippen LogP contribution < -0.4 is 5.73 Å². The lowest BCUT2D eigenvalue weighted by Crippen LogP contribution is -2.37. The van der Waals surface area contributed by atoms with Gasteiger partial charge in [-0.3, -0.25) is 9.69 Å². The maximum absolute atomic E-state index is 13.4. The van der Waals surface area contributed by atoms with Crippen molar-refractivity contribution >= 4 is 5.91 Å². The first-order chi connectivity index (χ1) is 10.9. The quantitative estimate of drug-likeness (QED) is 0.857. The molecule has 2 aromatic carbocycles. The molecular formula is C17H18F2N2O2. The van der Waals surface area contributed by atoms with E-state index in [4.69, 9.17) is 5.73 Å². The number of nitrogens with two attached hydrogens (primary N) is 1. The van der Waals surface area contributed by atoms with Crippen LogP contribution in [0, 0.1) is 11.6 Å². The molecule has 0 spiro atoms. The normalized spacial score (nSPS) is 13.8. The predicted molar refractivity (Wildman–Crippen MR) is 82.3 cm³/mol. The second-order valence-electron chi connectivity index (χ2n) is 5.37. The van der Waals surface area contributed by atoms with Gasteiger partial charge in [0.05, 0.1) is 6.10 Å². The summed E-state index contributed by atoms with van der Waals surface area (Å²) in [5.74, 6) is -1.52. The number of benzene rings is 2. The number of primary amides is 1. The summed E-state index contributed by atoms with van der Waals surface area (Å²) >= 11 is 0. The Morgan fingerprint density at radius 1 is 1.13 bits per heavy atom. The molecule has 0 saturated heterocycles. The van der Waals surface area contributed by atoms with Crippen LogP contribution in [-0.4, -0.2) is 29.5 Å². The molecule has 2 atom stereocenters. The van der Waals surface area contributed by atoms with Crippen LogP contribution in [0.15, 0.2) is 48.5 Å². The minimum Gasteiger partial charge on any atom is -0.387 e. The van der Waals surface area contributed by atoms with Gasteiger partial charge in [-0.05, 0) is 42.4 Å². The van der Waals surface area contributed by atoms with Gasteiger partial charge < -0.3 is 10.8 Å². The lowest BCUT2D eigenvalue weighted by molar-refractivity contribution is -0.123. The average molecular weight is 320 g/mol. The number of aliphatic hydroxyl groups excluding tert-OH is 1. The van der Waals surface area contributed by atoms with Gasteiger partial charge in [-0.1, -0.05) is 24.3 Å². The first-order valence-corrected chi connectivity index (χ1v) is 7.07. The summed E-state index contributed by atoms with van der Waals surface area (Å²) in [5, 5.41) is 10.2. The van der Waals surface area contributed by atoms with Crippen molar-refractivity contribution in [1.82, 2.24) is 4.90 Å². The van der Waals surface area contributed by atoms with E-state index in [1.807, 2.05) is 0 Å². The third-order valence-electron chi connectivity index (χ3n) is 3.59. The lowest BCUT2D eigenvalue weighted by atomic mass is 10.0. The van der Waals surface area contributed by atoms with Gasteiger partial charge in [-0.15, -0.1) is 0 Å². The number of likely N-dealkylation sites (N-methyl/N-ethyl adjacent to an activating group) is 1. The fourth-order valence-corrected chi connectivity index (χ4v) is 2.48. The zero-order valence-electron chi connectivity index (χ0n) is 12.6. The number of carbonyl (C=O) groups is 1. The first-order valence-electron chi connectivity index (χ1n) is 7.07. The number of halogens is 2. The fourth-order valence-electron chi connectivity index (χ4n) is 2.48. The third-order valence-corrected chi connectivity index (χ3v) is 3.59. The fraction of sp³-hybridized carbons (Fsp3) is 0.235. The van der Waals surface area contributed by atoms with Crippen LogP contribution in [0.4, 0.5) is 8.78 Å². The molecule has 23 heavy (non-hydrogen) atoms. The predicted octanol–water partition coefficient (Wildman–Crippen LogP) is 2.16. The maximum Gasteiger partial charge on any atom is 0.239 e. The highest BCUT2D eigenvalue weighted by Gasteiger charge is 2.25. The van der Waals surface area contributed by atoms with E-state index < -0.39 is 29.7 Å².